The molecule has 0 radical (unpaired) electrons. The van der Waals surface area contributed by atoms with Gasteiger partial charge in [0, 0.05) is 12.8 Å². The molecule has 0 spiro atoms. The lowest BCUT2D eigenvalue weighted by molar-refractivity contribution is -0.140. The Morgan fingerprint density at radius 3 is 2.59 bits per heavy atom. The van der Waals surface area contributed by atoms with Gasteiger partial charge in [0.05, 0.1) is 31.9 Å². The first-order chi connectivity index (χ1) is 13.0. The molecular weight excluding hydrogens is 352 g/mol. The van der Waals surface area contributed by atoms with Crippen LogP contribution >= 0.6 is 0 Å². The third-order valence-electron chi connectivity index (χ3n) is 3.99. The van der Waals surface area contributed by atoms with Crippen LogP contribution in [0.1, 0.15) is 31.9 Å². The van der Waals surface area contributed by atoms with Crippen LogP contribution in [0.4, 0.5) is 4.79 Å². The summed E-state index contributed by atoms with van der Waals surface area (Å²) < 4.78 is 21.2. The maximum atomic E-state index is 12.6. The van der Waals surface area contributed by atoms with Crippen LogP contribution in [-0.4, -0.2) is 46.0 Å². The van der Waals surface area contributed by atoms with Gasteiger partial charge >= 0.3 is 12.0 Å². The summed E-state index contributed by atoms with van der Waals surface area (Å²) in [6, 6.07) is 4.25. The molecule has 2 rings (SSSR count). The SMILES string of the molecule is CCCOc1ccc([C@H]2NC(=O)NC(C)=C2C(=O)OCCOC)cc1OC. The molecule has 0 bridgehead atoms. The van der Waals surface area contributed by atoms with E-state index in [1.807, 2.05) is 6.92 Å². The van der Waals surface area contributed by atoms with Crippen LogP contribution in [-0.2, 0) is 14.3 Å². The van der Waals surface area contributed by atoms with Gasteiger partial charge in [-0.3, -0.25) is 0 Å². The number of carbonyl (C=O) groups excluding carboxylic acids is 2. The Morgan fingerprint density at radius 2 is 1.93 bits per heavy atom. The zero-order chi connectivity index (χ0) is 19.8. The Labute approximate surface area is 158 Å². The van der Waals surface area contributed by atoms with E-state index in [2.05, 4.69) is 10.6 Å². The van der Waals surface area contributed by atoms with Gasteiger partial charge in [0.1, 0.15) is 6.61 Å². The molecule has 1 aliphatic heterocycles. The van der Waals surface area contributed by atoms with E-state index in [9.17, 15) is 9.59 Å². The number of rotatable bonds is 9. The van der Waals surface area contributed by atoms with E-state index in [0.717, 1.165) is 6.42 Å². The van der Waals surface area contributed by atoms with E-state index in [0.29, 0.717) is 41.5 Å². The van der Waals surface area contributed by atoms with Gasteiger partial charge in [0.2, 0.25) is 0 Å². The maximum absolute atomic E-state index is 12.6. The van der Waals surface area contributed by atoms with Gasteiger partial charge in [-0.25, -0.2) is 9.59 Å². The second kappa shape index (κ2) is 9.82. The standard InChI is InChI=1S/C19H26N2O6/c1-5-8-26-14-7-6-13(11-15(14)25-4)17-16(12(2)20-19(23)21-17)18(22)27-10-9-24-3/h6-7,11,17H,5,8-10H2,1-4H3,(H2,20,21,23)/t17-/m1/s1. The lowest BCUT2D eigenvalue weighted by Gasteiger charge is -2.28. The first-order valence-corrected chi connectivity index (χ1v) is 8.76. The van der Waals surface area contributed by atoms with Gasteiger partial charge in [-0.05, 0) is 31.0 Å². The Balaban J connectivity index is 2.33. The molecule has 1 aromatic rings. The van der Waals surface area contributed by atoms with Crippen molar-refractivity contribution in [3.8, 4) is 11.5 Å². The summed E-state index contributed by atoms with van der Waals surface area (Å²) >= 11 is 0. The first-order valence-electron chi connectivity index (χ1n) is 8.76. The van der Waals surface area contributed by atoms with Crippen LogP contribution in [0, 0.1) is 0 Å². The van der Waals surface area contributed by atoms with Crippen molar-refractivity contribution in [2.24, 2.45) is 0 Å². The monoisotopic (exact) mass is 378 g/mol. The molecule has 2 N–H and O–H groups in total. The first kappa shape index (κ1) is 20.6. The van der Waals surface area contributed by atoms with Crippen molar-refractivity contribution in [2.75, 3.05) is 34.0 Å². The summed E-state index contributed by atoms with van der Waals surface area (Å²) in [6.07, 6.45) is 0.870. The average molecular weight is 378 g/mol. The summed E-state index contributed by atoms with van der Waals surface area (Å²) in [5.74, 6) is 0.610. The lowest BCUT2D eigenvalue weighted by Crippen LogP contribution is -2.45. The van der Waals surface area contributed by atoms with Crippen molar-refractivity contribution >= 4 is 12.0 Å². The summed E-state index contributed by atoms with van der Waals surface area (Å²) in [4.78, 5) is 24.5. The number of hydrogen-bond donors (Lipinski definition) is 2. The number of allylic oxidation sites excluding steroid dienone is 1. The van der Waals surface area contributed by atoms with E-state index < -0.39 is 18.0 Å². The molecule has 0 unspecified atom stereocenters. The molecule has 148 valence electrons. The molecule has 1 aliphatic rings. The molecule has 0 saturated carbocycles. The molecule has 0 saturated heterocycles. The molecule has 0 aliphatic carbocycles. The zero-order valence-corrected chi connectivity index (χ0v) is 16.1. The minimum atomic E-state index is -0.664. The van der Waals surface area contributed by atoms with Gasteiger partial charge in [0.15, 0.2) is 11.5 Å². The number of carbonyl (C=O) groups is 2. The second-order valence-corrected chi connectivity index (χ2v) is 5.96. The van der Waals surface area contributed by atoms with Gasteiger partial charge in [0.25, 0.3) is 0 Å². The smallest absolute Gasteiger partial charge is 0.338 e. The highest BCUT2D eigenvalue weighted by Crippen LogP contribution is 2.34. The number of ether oxygens (including phenoxy) is 4. The van der Waals surface area contributed by atoms with E-state index in [4.69, 9.17) is 18.9 Å². The summed E-state index contributed by atoms with van der Waals surface area (Å²) in [5.41, 5.74) is 1.45. The second-order valence-electron chi connectivity index (χ2n) is 5.96. The number of benzene rings is 1. The number of methoxy groups -OCH3 is 2. The third kappa shape index (κ3) is 5.13. The molecule has 8 heteroatoms. The van der Waals surface area contributed by atoms with Crippen LogP contribution in [0.15, 0.2) is 29.5 Å². The average Bonchev–Trinajstić information content (AvgIpc) is 2.65. The van der Waals surface area contributed by atoms with Gasteiger partial charge in [-0.15, -0.1) is 0 Å². The normalized spacial score (nSPS) is 16.4. The highest BCUT2D eigenvalue weighted by molar-refractivity contribution is 5.95. The molecule has 1 aromatic carbocycles. The quantitative estimate of drug-likeness (QED) is 0.506. The molecule has 1 atom stereocenters. The van der Waals surface area contributed by atoms with Crippen LogP contribution in [0.3, 0.4) is 0 Å². The highest BCUT2D eigenvalue weighted by Gasteiger charge is 2.32. The fraction of sp³-hybridized carbons (Fsp3) is 0.474. The highest BCUT2D eigenvalue weighted by atomic mass is 16.6. The van der Waals surface area contributed by atoms with Crippen molar-refractivity contribution in [1.82, 2.24) is 10.6 Å². The van der Waals surface area contributed by atoms with Crippen molar-refractivity contribution in [2.45, 2.75) is 26.3 Å². The topological polar surface area (TPSA) is 95.1 Å². The predicted octanol–water partition coefficient (Wildman–Crippen LogP) is 2.30. The van der Waals surface area contributed by atoms with Crippen molar-refractivity contribution in [1.29, 1.82) is 0 Å². The number of amides is 2. The maximum Gasteiger partial charge on any atom is 0.338 e. The number of nitrogens with one attached hydrogen (secondary N) is 2. The summed E-state index contributed by atoms with van der Waals surface area (Å²) in [6.45, 7) is 4.66. The fourth-order valence-electron chi connectivity index (χ4n) is 2.70. The van der Waals surface area contributed by atoms with Crippen LogP contribution in [0.25, 0.3) is 0 Å². The Kier molecular flexibility index (Phi) is 7.48. The van der Waals surface area contributed by atoms with Crippen molar-refractivity contribution in [3.05, 3.63) is 35.0 Å². The Hall–Kier alpha value is -2.74. The van der Waals surface area contributed by atoms with Crippen molar-refractivity contribution < 1.29 is 28.5 Å². The van der Waals surface area contributed by atoms with E-state index >= 15 is 0 Å². The van der Waals surface area contributed by atoms with E-state index in [-0.39, 0.29) is 6.61 Å². The molecule has 0 aromatic heterocycles. The molecule has 8 nitrogen and oxygen atoms in total. The van der Waals surface area contributed by atoms with Gasteiger partial charge < -0.3 is 29.6 Å². The van der Waals surface area contributed by atoms with Crippen LogP contribution in [0.5, 0.6) is 11.5 Å². The third-order valence-corrected chi connectivity index (χ3v) is 3.99. The van der Waals surface area contributed by atoms with E-state index in [1.54, 1.807) is 32.2 Å². The van der Waals surface area contributed by atoms with Crippen LogP contribution in [0.2, 0.25) is 0 Å². The minimum absolute atomic E-state index is 0.125. The number of hydrogen-bond acceptors (Lipinski definition) is 6. The van der Waals surface area contributed by atoms with E-state index in [1.165, 1.54) is 7.11 Å². The molecule has 27 heavy (non-hydrogen) atoms. The Bertz CT molecular complexity index is 716. The number of esters is 1. The molecule has 1 heterocycles. The van der Waals surface area contributed by atoms with Crippen LogP contribution < -0.4 is 20.1 Å². The fourth-order valence-corrected chi connectivity index (χ4v) is 2.70. The zero-order valence-electron chi connectivity index (χ0n) is 16.1. The van der Waals surface area contributed by atoms with Crippen molar-refractivity contribution in [3.63, 3.8) is 0 Å². The minimum Gasteiger partial charge on any atom is -0.493 e. The summed E-state index contributed by atoms with van der Waals surface area (Å²) in [7, 11) is 3.07. The number of urea groups is 1. The lowest BCUT2D eigenvalue weighted by atomic mass is 9.95. The van der Waals surface area contributed by atoms with Gasteiger partial charge in [-0.1, -0.05) is 13.0 Å². The summed E-state index contributed by atoms with van der Waals surface area (Å²) in [5, 5.41) is 5.37. The largest absolute Gasteiger partial charge is 0.493 e. The Morgan fingerprint density at radius 1 is 1.15 bits per heavy atom. The molecule has 2 amide bonds. The predicted molar refractivity (Wildman–Crippen MR) is 98.7 cm³/mol. The molecular formula is C19H26N2O6. The van der Waals surface area contributed by atoms with Gasteiger partial charge in [-0.2, -0.15) is 0 Å². The molecule has 0 fully saturated rings.